The van der Waals surface area contributed by atoms with E-state index in [-0.39, 0.29) is 12.5 Å². The van der Waals surface area contributed by atoms with E-state index in [1.807, 2.05) is 36.4 Å². The molecule has 1 aliphatic heterocycles. The van der Waals surface area contributed by atoms with Crippen LogP contribution >= 0.6 is 0 Å². The topological polar surface area (TPSA) is 97.0 Å². The molecule has 3 N–H and O–H groups in total. The normalized spacial score (nSPS) is 12.7. The smallest absolute Gasteiger partial charge is 0.332 e. The zero-order chi connectivity index (χ0) is 17.7. The Morgan fingerprint density at radius 1 is 1.15 bits per heavy atom. The van der Waals surface area contributed by atoms with Gasteiger partial charge in [0, 0.05) is 12.6 Å². The second kappa shape index (κ2) is 5.41. The van der Waals surface area contributed by atoms with Gasteiger partial charge in [-0.3, -0.25) is 9.55 Å². The standard InChI is InChI=1S/C18H15N5O3/c1-19-17-16(10-2-5-14-15(6-10)26-9-25-14)23(18(24)22-17)11-3-4-12-13(7-11)21-8-20-12/h2-8,19H,9H2,1H3,(H,20,21)(H,22,24). The van der Waals surface area contributed by atoms with E-state index in [0.29, 0.717) is 17.3 Å². The van der Waals surface area contributed by atoms with Gasteiger partial charge in [0.05, 0.1) is 28.7 Å². The van der Waals surface area contributed by atoms with Gasteiger partial charge in [-0.25, -0.2) is 9.78 Å². The van der Waals surface area contributed by atoms with Crippen molar-refractivity contribution in [2.45, 2.75) is 0 Å². The van der Waals surface area contributed by atoms with Crippen LogP contribution in [0.5, 0.6) is 11.5 Å². The van der Waals surface area contributed by atoms with Gasteiger partial charge in [-0.05, 0) is 36.4 Å². The maximum atomic E-state index is 12.7. The fourth-order valence-corrected chi connectivity index (χ4v) is 3.24. The van der Waals surface area contributed by atoms with Crippen molar-refractivity contribution in [2.24, 2.45) is 0 Å². The van der Waals surface area contributed by atoms with Gasteiger partial charge in [0.1, 0.15) is 5.82 Å². The van der Waals surface area contributed by atoms with Crippen LogP contribution in [0.15, 0.2) is 47.5 Å². The zero-order valence-corrected chi connectivity index (χ0v) is 13.9. The molecule has 0 amide bonds. The Morgan fingerprint density at radius 2 is 2.04 bits per heavy atom. The van der Waals surface area contributed by atoms with Gasteiger partial charge in [-0.1, -0.05) is 0 Å². The third-order valence-corrected chi connectivity index (χ3v) is 4.45. The van der Waals surface area contributed by atoms with Crippen LogP contribution in [0, 0.1) is 0 Å². The summed E-state index contributed by atoms with van der Waals surface area (Å²) in [7, 11) is 1.77. The number of ether oxygens (including phenoxy) is 2. The Morgan fingerprint density at radius 3 is 2.92 bits per heavy atom. The predicted octanol–water partition coefficient (Wildman–Crippen LogP) is 2.48. The average molecular weight is 349 g/mol. The highest BCUT2D eigenvalue weighted by Gasteiger charge is 2.20. The van der Waals surface area contributed by atoms with Crippen molar-refractivity contribution in [3.05, 3.63) is 53.2 Å². The lowest BCUT2D eigenvalue weighted by Gasteiger charge is -2.10. The number of imidazole rings is 2. The van der Waals surface area contributed by atoms with E-state index in [1.54, 1.807) is 17.9 Å². The van der Waals surface area contributed by atoms with Crippen molar-refractivity contribution in [3.8, 4) is 28.4 Å². The quantitative estimate of drug-likeness (QED) is 0.528. The summed E-state index contributed by atoms with van der Waals surface area (Å²) in [5.41, 5.74) is 3.75. The predicted molar refractivity (Wildman–Crippen MR) is 97.1 cm³/mol. The van der Waals surface area contributed by atoms with Crippen molar-refractivity contribution >= 4 is 16.9 Å². The van der Waals surface area contributed by atoms with E-state index in [0.717, 1.165) is 28.0 Å². The highest BCUT2D eigenvalue weighted by atomic mass is 16.7. The summed E-state index contributed by atoms with van der Waals surface area (Å²) in [6.07, 6.45) is 1.63. The zero-order valence-electron chi connectivity index (χ0n) is 13.9. The number of aromatic nitrogens is 4. The number of nitrogens with zero attached hydrogens (tertiary/aromatic N) is 2. The molecule has 2 aromatic carbocycles. The van der Waals surface area contributed by atoms with Crippen LogP contribution in [0.4, 0.5) is 5.82 Å². The average Bonchev–Trinajstić information content (AvgIpc) is 3.37. The maximum absolute atomic E-state index is 12.7. The fourth-order valence-electron chi connectivity index (χ4n) is 3.24. The highest BCUT2D eigenvalue weighted by Crippen LogP contribution is 2.38. The number of hydrogen-bond acceptors (Lipinski definition) is 5. The number of nitrogens with one attached hydrogen (secondary N) is 3. The summed E-state index contributed by atoms with van der Waals surface area (Å²) >= 11 is 0. The molecule has 0 atom stereocenters. The second-order valence-electron chi connectivity index (χ2n) is 5.91. The Hall–Kier alpha value is -3.68. The molecule has 0 fully saturated rings. The Labute approximate surface area is 147 Å². The molecule has 0 unspecified atom stereocenters. The van der Waals surface area contributed by atoms with Gasteiger partial charge in [-0.2, -0.15) is 0 Å². The van der Waals surface area contributed by atoms with E-state index < -0.39 is 0 Å². The van der Waals surface area contributed by atoms with Crippen LogP contribution < -0.4 is 20.5 Å². The van der Waals surface area contributed by atoms with Gasteiger partial charge in [0.15, 0.2) is 11.5 Å². The van der Waals surface area contributed by atoms with Crippen molar-refractivity contribution in [3.63, 3.8) is 0 Å². The number of fused-ring (bicyclic) bond motifs is 2. The SMILES string of the molecule is CNc1[nH]c(=O)n(-c2ccc3nc[nH]c3c2)c1-c1ccc2c(c1)OCO2. The molecule has 0 radical (unpaired) electrons. The van der Waals surface area contributed by atoms with Crippen molar-refractivity contribution < 1.29 is 9.47 Å². The van der Waals surface area contributed by atoms with Crippen LogP contribution in [0.1, 0.15) is 0 Å². The minimum atomic E-state index is -0.235. The van der Waals surface area contributed by atoms with Crippen molar-refractivity contribution in [2.75, 3.05) is 19.2 Å². The maximum Gasteiger partial charge on any atom is 0.332 e. The summed E-state index contributed by atoms with van der Waals surface area (Å²) in [6, 6.07) is 11.3. The Bertz CT molecular complexity index is 1190. The van der Waals surface area contributed by atoms with Crippen molar-refractivity contribution in [1.29, 1.82) is 0 Å². The molecule has 26 heavy (non-hydrogen) atoms. The van der Waals surface area contributed by atoms with E-state index in [9.17, 15) is 4.79 Å². The van der Waals surface area contributed by atoms with Gasteiger partial charge in [-0.15, -0.1) is 0 Å². The molecule has 130 valence electrons. The van der Waals surface area contributed by atoms with Crippen LogP contribution in [0.25, 0.3) is 28.0 Å². The molecular formula is C18H15N5O3. The molecule has 2 aromatic heterocycles. The number of rotatable bonds is 3. The molecule has 1 aliphatic rings. The van der Waals surface area contributed by atoms with Gasteiger partial charge in [0.25, 0.3) is 0 Å². The Balaban J connectivity index is 1.75. The van der Waals surface area contributed by atoms with Gasteiger partial charge >= 0.3 is 5.69 Å². The minimum Gasteiger partial charge on any atom is -0.454 e. The summed E-state index contributed by atoms with van der Waals surface area (Å²) in [4.78, 5) is 22.9. The van der Waals surface area contributed by atoms with E-state index in [1.165, 1.54) is 0 Å². The molecule has 4 aromatic rings. The van der Waals surface area contributed by atoms with Crippen LogP contribution in [-0.2, 0) is 0 Å². The van der Waals surface area contributed by atoms with Crippen LogP contribution in [-0.4, -0.2) is 33.4 Å². The molecule has 0 bridgehead atoms. The molecule has 8 nitrogen and oxygen atoms in total. The second-order valence-corrected chi connectivity index (χ2v) is 5.91. The van der Waals surface area contributed by atoms with Crippen molar-refractivity contribution in [1.82, 2.24) is 19.5 Å². The first-order valence-electron chi connectivity index (χ1n) is 8.11. The molecule has 0 spiro atoms. The number of benzene rings is 2. The van der Waals surface area contributed by atoms with Crippen LogP contribution in [0.2, 0.25) is 0 Å². The van der Waals surface area contributed by atoms with E-state index in [2.05, 4.69) is 20.3 Å². The summed E-state index contributed by atoms with van der Waals surface area (Å²) in [5, 5.41) is 3.06. The summed E-state index contributed by atoms with van der Waals surface area (Å²) in [6.45, 7) is 0.202. The third kappa shape index (κ3) is 2.08. The largest absolute Gasteiger partial charge is 0.454 e. The molecular weight excluding hydrogens is 334 g/mol. The van der Waals surface area contributed by atoms with Gasteiger partial charge < -0.3 is 19.8 Å². The number of H-pyrrole nitrogens is 2. The lowest BCUT2D eigenvalue weighted by Crippen LogP contribution is -2.15. The van der Waals surface area contributed by atoms with E-state index >= 15 is 0 Å². The summed E-state index contributed by atoms with van der Waals surface area (Å²) in [5.74, 6) is 1.98. The fraction of sp³-hybridized carbons (Fsp3) is 0.111. The number of hydrogen-bond donors (Lipinski definition) is 3. The molecule has 0 saturated carbocycles. The molecule has 8 heteroatoms. The molecule has 0 saturated heterocycles. The van der Waals surface area contributed by atoms with Crippen LogP contribution in [0.3, 0.4) is 0 Å². The lowest BCUT2D eigenvalue weighted by molar-refractivity contribution is 0.174. The highest BCUT2D eigenvalue weighted by molar-refractivity contribution is 5.80. The monoisotopic (exact) mass is 349 g/mol. The first-order valence-corrected chi connectivity index (χ1v) is 8.11. The number of aromatic amines is 2. The molecule has 0 aliphatic carbocycles. The molecule has 5 rings (SSSR count). The first kappa shape index (κ1) is 14.6. The molecule has 3 heterocycles. The Kier molecular flexibility index (Phi) is 3.05. The summed E-state index contributed by atoms with van der Waals surface area (Å²) < 4.78 is 12.5. The minimum absolute atomic E-state index is 0.202. The third-order valence-electron chi connectivity index (χ3n) is 4.45. The lowest BCUT2D eigenvalue weighted by atomic mass is 10.1. The van der Waals surface area contributed by atoms with Gasteiger partial charge in [0.2, 0.25) is 6.79 Å². The first-order chi connectivity index (χ1) is 12.7. The number of anilines is 1. The van der Waals surface area contributed by atoms with E-state index in [4.69, 9.17) is 9.47 Å².